The Morgan fingerprint density at radius 2 is 1.45 bits per heavy atom. The van der Waals surface area contributed by atoms with Crippen molar-refractivity contribution in [2.24, 2.45) is 11.8 Å². The van der Waals surface area contributed by atoms with Gasteiger partial charge in [0.25, 0.3) is 0 Å². The lowest BCUT2D eigenvalue weighted by molar-refractivity contribution is -0.274. The molecule has 0 unspecified atom stereocenters. The minimum atomic E-state index is -4.72. The third-order valence-corrected chi connectivity index (χ3v) is 11.6. The van der Waals surface area contributed by atoms with Crippen LogP contribution in [0.15, 0.2) is 42.5 Å². The molecule has 180 valence electrons. The van der Waals surface area contributed by atoms with Crippen LogP contribution < -0.4 is 4.74 Å². The van der Waals surface area contributed by atoms with Crippen LogP contribution >= 0.6 is 0 Å². The van der Waals surface area contributed by atoms with E-state index >= 15 is 4.39 Å². The fourth-order valence-corrected chi connectivity index (χ4v) is 9.63. The van der Waals surface area contributed by atoms with Crippen molar-refractivity contribution in [3.63, 3.8) is 0 Å². The Balaban J connectivity index is 1.33. The third kappa shape index (κ3) is 6.40. The molecule has 1 saturated carbocycles. The van der Waals surface area contributed by atoms with Crippen LogP contribution in [0.1, 0.15) is 63.4 Å². The third-order valence-electron chi connectivity index (χ3n) is 7.89. The lowest BCUT2D eigenvalue weighted by Gasteiger charge is -2.37. The zero-order chi connectivity index (χ0) is 23.4. The van der Waals surface area contributed by atoms with Gasteiger partial charge in [0, 0.05) is 8.80 Å². The molecule has 2 aromatic rings. The molecule has 0 N–H and O–H groups in total. The minimum Gasteiger partial charge on any atom is -0.406 e. The first-order valence-corrected chi connectivity index (χ1v) is 14.9. The lowest BCUT2D eigenvalue weighted by Crippen LogP contribution is -2.28. The monoisotopic (exact) mass is 478 g/mol. The van der Waals surface area contributed by atoms with Gasteiger partial charge in [-0.3, -0.25) is 0 Å². The van der Waals surface area contributed by atoms with E-state index in [4.69, 9.17) is 0 Å². The van der Waals surface area contributed by atoms with Crippen LogP contribution in [0.25, 0.3) is 11.1 Å². The van der Waals surface area contributed by atoms with E-state index in [0.717, 1.165) is 30.2 Å². The summed E-state index contributed by atoms with van der Waals surface area (Å²) in [5, 5.41) is 0. The van der Waals surface area contributed by atoms with Gasteiger partial charge in [-0.1, -0.05) is 68.6 Å². The predicted octanol–water partition coefficient (Wildman–Crippen LogP) is 8.71. The fourth-order valence-electron chi connectivity index (χ4n) is 6.15. The number of halogens is 4. The van der Waals surface area contributed by atoms with Crippen LogP contribution in [0, 0.1) is 17.7 Å². The number of benzene rings is 2. The van der Waals surface area contributed by atoms with Crippen molar-refractivity contribution in [3.05, 3.63) is 53.8 Å². The van der Waals surface area contributed by atoms with Crippen molar-refractivity contribution in [1.29, 1.82) is 0 Å². The summed E-state index contributed by atoms with van der Waals surface area (Å²) in [6, 6.07) is 15.4. The van der Waals surface area contributed by atoms with Gasteiger partial charge >= 0.3 is 6.36 Å². The van der Waals surface area contributed by atoms with Crippen LogP contribution in [0.3, 0.4) is 0 Å². The van der Waals surface area contributed by atoms with Gasteiger partial charge in [0.05, 0.1) is 0 Å². The second-order valence-corrected chi connectivity index (χ2v) is 13.5. The Morgan fingerprint density at radius 1 is 0.848 bits per heavy atom. The highest BCUT2D eigenvalue weighted by Gasteiger charge is 2.32. The molecular weight excluding hydrogens is 444 g/mol. The normalized spacial score (nSPS) is 26.2. The maximum Gasteiger partial charge on any atom is 0.573 e. The molecule has 2 aliphatic rings. The molecule has 0 aromatic heterocycles. The highest BCUT2D eigenvalue weighted by Crippen LogP contribution is 2.44. The molecule has 1 nitrogen and oxygen atoms in total. The van der Waals surface area contributed by atoms with E-state index in [1.807, 2.05) is 12.1 Å². The average Bonchev–Trinajstić information content (AvgIpc) is 2.79. The van der Waals surface area contributed by atoms with E-state index in [1.54, 1.807) is 0 Å². The maximum atomic E-state index is 15.0. The van der Waals surface area contributed by atoms with Crippen molar-refractivity contribution in [2.75, 3.05) is 0 Å². The number of rotatable bonds is 6. The van der Waals surface area contributed by atoms with Gasteiger partial charge in [0.15, 0.2) is 0 Å². The molecule has 2 aromatic carbocycles. The minimum absolute atomic E-state index is 0.211. The molecule has 4 rings (SSSR count). The summed E-state index contributed by atoms with van der Waals surface area (Å²) in [6.45, 7) is 2.31. The zero-order valence-electron chi connectivity index (χ0n) is 19.3. The number of hydrogen-bond donors (Lipinski definition) is 0. The molecule has 6 heteroatoms. The highest BCUT2D eigenvalue weighted by atomic mass is 28.3. The van der Waals surface area contributed by atoms with Crippen LogP contribution in [-0.4, -0.2) is 15.2 Å². The number of hydrogen-bond acceptors (Lipinski definition) is 1. The van der Waals surface area contributed by atoms with Gasteiger partial charge in [0.2, 0.25) is 0 Å². The van der Waals surface area contributed by atoms with E-state index in [1.165, 1.54) is 80.6 Å². The van der Waals surface area contributed by atoms with Gasteiger partial charge in [0.1, 0.15) is 11.6 Å². The first-order valence-electron chi connectivity index (χ1n) is 12.5. The van der Waals surface area contributed by atoms with E-state index < -0.39 is 15.2 Å². The van der Waals surface area contributed by atoms with E-state index in [-0.39, 0.29) is 17.5 Å². The number of alkyl halides is 3. The summed E-state index contributed by atoms with van der Waals surface area (Å²) < 4.78 is 56.0. The lowest BCUT2D eigenvalue weighted by atomic mass is 9.72. The van der Waals surface area contributed by atoms with Gasteiger partial charge < -0.3 is 4.74 Å². The van der Waals surface area contributed by atoms with Crippen molar-refractivity contribution in [3.8, 4) is 16.9 Å². The second kappa shape index (κ2) is 10.6. The second-order valence-electron chi connectivity index (χ2n) is 9.99. The predicted molar refractivity (Wildman–Crippen MR) is 128 cm³/mol. The Morgan fingerprint density at radius 3 is 2.03 bits per heavy atom. The molecular formula is C27H34F4OSi. The molecule has 1 heterocycles. The molecule has 1 saturated heterocycles. The summed E-state index contributed by atoms with van der Waals surface area (Å²) in [5.74, 6) is 1.49. The molecule has 0 amide bonds. The van der Waals surface area contributed by atoms with Gasteiger partial charge in [-0.2, -0.15) is 0 Å². The molecule has 0 radical (unpaired) electrons. The summed E-state index contributed by atoms with van der Waals surface area (Å²) in [4.78, 5) is 0. The van der Waals surface area contributed by atoms with E-state index in [0.29, 0.717) is 11.1 Å². The Labute approximate surface area is 196 Å². The van der Waals surface area contributed by atoms with Crippen LogP contribution in [0.4, 0.5) is 17.6 Å². The smallest absolute Gasteiger partial charge is 0.406 e. The Hall–Kier alpha value is -1.82. The van der Waals surface area contributed by atoms with Gasteiger partial charge in [-0.15, -0.1) is 13.2 Å². The topological polar surface area (TPSA) is 9.23 Å². The average molecular weight is 479 g/mol. The van der Waals surface area contributed by atoms with E-state index in [2.05, 4.69) is 11.7 Å². The maximum absolute atomic E-state index is 15.0. The summed E-state index contributed by atoms with van der Waals surface area (Å²) in [5.41, 5.74) is 2.12. The highest BCUT2D eigenvalue weighted by molar-refractivity contribution is 6.58. The Kier molecular flexibility index (Phi) is 7.82. The Bertz CT molecular complexity index is 895. The molecule has 1 aliphatic heterocycles. The zero-order valence-corrected chi connectivity index (χ0v) is 20.5. The quantitative estimate of drug-likeness (QED) is 0.298. The number of ether oxygens (including phenoxy) is 1. The largest absolute Gasteiger partial charge is 0.573 e. The molecule has 33 heavy (non-hydrogen) atoms. The summed E-state index contributed by atoms with van der Waals surface area (Å²) in [7, 11) is -0.437. The SMILES string of the molecule is CCC[SiH]1CCC([C@H]2CC[C@H](c3ccc(-c4ccc(OC(F)(F)F)cc4)cc3F)CC2)CC1. The fraction of sp³-hybridized carbons (Fsp3) is 0.556. The van der Waals surface area contributed by atoms with Gasteiger partial charge in [-0.25, -0.2) is 4.39 Å². The van der Waals surface area contributed by atoms with Crippen LogP contribution in [-0.2, 0) is 0 Å². The molecule has 2 fully saturated rings. The van der Waals surface area contributed by atoms with Gasteiger partial charge in [-0.05, 0) is 78.3 Å². The summed E-state index contributed by atoms with van der Waals surface area (Å²) in [6.07, 6.45) is 4.02. The van der Waals surface area contributed by atoms with Crippen molar-refractivity contribution < 1.29 is 22.3 Å². The molecule has 0 atom stereocenters. The van der Waals surface area contributed by atoms with Crippen molar-refractivity contribution in [1.82, 2.24) is 0 Å². The van der Waals surface area contributed by atoms with Crippen LogP contribution in [0.5, 0.6) is 5.75 Å². The van der Waals surface area contributed by atoms with Crippen molar-refractivity contribution in [2.45, 2.75) is 82.3 Å². The first kappa shape index (κ1) is 24.3. The first-order chi connectivity index (χ1) is 15.8. The molecule has 1 aliphatic carbocycles. The molecule has 0 spiro atoms. The molecule has 0 bridgehead atoms. The van der Waals surface area contributed by atoms with E-state index in [9.17, 15) is 13.2 Å². The van der Waals surface area contributed by atoms with Crippen molar-refractivity contribution >= 4 is 8.80 Å². The standard InChI is InChI=1S/C27H34F4OSi/c1-2-15-33-16-13-21(14-17-33)19-3-5-22(6-4-19)25-12-9-23(18-26(25)28)20-7-10-24(11-8-20)32-27(29,30)31/h7-12,18-19,21-22,33H,2-6,13-17H2,1H3/t19-,21?,22-,33?. The van der Waals surface area contributed by atoms with Crippen LogP contribution in [0.2, 0.25) is 18.1 Å². The summed E-state index contributed by atoms with van der Waals surface area (Å²) >= 11 is 0.